The van der Waals surface area contributed by atoms with Gasteiger partial charge in [0.1, 0.15) is 5.82 Å². The Morgan fingerprint density at radius 2 is 2.29 bits per heavy atom. The fraction of sp³-hybridized carbons (Fsp3) is 0.727. The zero-order chi connectivity index (χ0) is 9.71. The van der Waals surface area contributed by atoms with Crippen LogP contribution in [0.25, 0.3) is 0 Å². The van der Waals surface area contributed by atoms with Gasteiger partial charge < -0.3 is 5.73 Å². The van der Waals surface area contributed by atoms with E-state index in [0.29, 0.717) is 11.9 Å². The Kier molecular flexibility index (Phi) is 1.64. The molecule has 0 aromatic carbocycles. The van der Waals surface area contributed by atoms with Crippen molar-refractivity contribution in [3.63, 3.8) is 0 Å². The minimum absolute atomic E-state index is 0.643. The number of aromatic nitrogens is 2. The molecule has 2 N–H and O–H groups in total. The van der Waals surface area contributed by atoms with Crippen molar-refractivity contribution in [2.75, 3.05) is 5.73 Å². The van der Waals surface area contributed by atoms with Crippen LogP contribution in [0.15, 0.2) is 6.20 Å². The molecule has 0 amide bonds. The number of nitrogens with zero attached hydrogens (tertiary/aromatic N) is 2. The van der Waals surface area contributed by atoms with Gasteiger partial charge in [0.05, 0.1) is 6.04 Å². The Balaban J connectivity index is 1.89. The summed E-state index contributed by atoms with van der Waals surface area (Å²) in [6.07, 6.45) is 7.69. The third-order valence-electron chi connectivity index (χ3n) is 3.99. The summed E-state index contributed by atoms with van der Waals surface area (Å²) in [5.41, 5.74) is 6.89. The number of anilines is 1. The summed E-state index contributed by atoms with van der Waals surface area (Å²) in [6.45, 7) is 2.03. The first-order valence-corrected chi connectivity index (χ1v) is 5.55. The fourth-order valence-corrected chi connectivity index (χ4v) is 3.20. The SMILES string of the molecule is Cc1cn(C2CC3CCC2C3)nc1N. The average Bonchev–Trinajstić information content (AvgIpc) is 2.82. The molecule has 2 saturated carbocycles. The molecule has 2 fully saturated rings. The van der Waals surface area contributed by atoms with Crippen LogP contribution in [0, 0.1) is 18.8 Å². The van der Waals surface area contributed by atoms with Crippen LogP contribution in [-0.2, 0) is 0 Å². The third-order valence-corrected chi connectivity index (χ3v) is 3.99. The smallest absolute Gasteiger partial charge is 0.148 e. The summed E-state index contributed by atoms with van der Waals surface area (Å²) in [7, 11) is 0. The summed E-state index contributed by atoms with van der Waals surface area (Å²) in [4.78, 5) is 0. The maximum absolute atomic E-state index is 5.77. The lowest BCUT2D eigenvalue weighted by molar-refractivity contribution is 0.307. The molecule has 14 heavy (non-hydrogen) atoms. The predicted octanol–water partition coefficient (Wildman–Crippen LogP) is 2.13. The number of nitrogen functional groups attached to an aromatic ring is 1. The monoisotopic (exact) mass is 191 g/mol. The topological polar surface area (TPSA) is 43.8 Å². The second-order valence-corrected chi connectivity index (χ2v) is 4.92. The molecule has 3 heteroatoms. The summed E-state index contributed by atoms with van der Waals surface area (Å²) in [5.74, 6) is 2.54. The fourth-order valence-electron chi connectivity index (χ4n) is 3.20. The lowest BCUT2D eigenvalue weighted by Gasteiger charge is -2.21. The van der Waals surface area contributed by atoms with Crippen molar-refractivity contribution in [3.8, 4) is 0 Å². The second-order valence-electron chi connectivity index (χ2n) is 4.92. The van der Waals surface area contributed by atoms with Crippen molar-refractivity contribution in [2.45, 2.75) is 38.6 Å². The van der Waals surface area contributed by atoms with Gasteiger partial charge in [0, 0.05) is 11.8 Å². The number of aryl methyl sites for hydroxylation is 1. The van der Waals surface area contributed by atoms with Crippen LogP contribution >= 0.6 is 0 Å². The molecule has 3 atom stereocenters. The number of hydrogen-bond acceptors (Lipinski definition) is 2. The molecule has 0 aliphatic heterocycles. The normalized spacial score (nSPS) is 35.4. The van der Waals surface area contributed by atoms with Gasteiger partial charge in [-0.3, -0.25) is 4.68 Å². The van der Waals surface area contributed by atoms with Crippen molar-refractivity contribution in [1.82, 2.24) is 9.78 Å². The molecular formula is C11H17N3. The molecule has 2 bridgehead atoms. The number of fused-ring (bicyclic) bond motifs is 2. The van der Waals surface area contributed by atoms with E-state index < -0.39 is 0 Å². The molecule has 1 heterocycles. The lowest BCUT2D eigenvalue weighted by atomic mass is 9.96. The van der Waals surface area contributed by atoms with E-state index in [-0.39, 0.29) is 0 Å². The highest BCUT2D eigenvalue weighted by Crippen LogP contribution is 2.50. The van der Waals surface area contributed by atoms with E-state index in [0.717, 1.165) is 17.4 Å². The van der Waals surface area contributed by atoms with Crippen LogP contribution in [0.2, 0.25) is 0 Å². The lowest BCUT2D eigenvalue weighted by Crippen LogP contribution is -2.16. The van der Waals surface area contributed by atoms with Gasteiger partial charge in [0.2, 0.25) is 0 Å². The molecule has 1 aromatic rings. The molecule has 2 aliphatic rings. The summed E-state index contributed by atoms with van der Waals surface area (Å²) < 4.78 is 2.12. The first-order chi connectivity index (χ1) is 6.74. The largest absolute Gasteiger partial charge is 0.382 e. The van der Waals surface area contributed by atoms with E-state index in [1.165, 1.54) is 25.7 Å². The predicted molar refractivity (Wildman–Crippen MR) is 55.9 cm³/mol. The van der Waals surface area contributed by atoms with Crippen molar-refractivity contribution in [2.24, 2.45) is 11.8 Å². The Labute approximate surface area is 84.3 Å². The van der Waals surface area contributed by atoms with Crippen molar-refractivity contribution < 1.29 is 0 Å². The molecule has 0 saturated heterocycles. The Morgan fingerprint density at radius 1 is 1.43 bits per heavy atom. The average molecular weight is 191 g/mol. The van der Waals surface area contributed by atoms with E-state index in [1.54, 1.807) is 0 Å². The minimum atomic E-state index is 0.643. The standard InChI is InChI=1S/C11H17N3/c1-7-6-14(13-11(7)12)10-5-8-2-3-9(10)4-8/h6,8-10H,2-5H2,1H3,(H2,12,13). The van der Waals surface area contributed by atoms with E-state index in [9.17, 15) is 0 Å². The number of nitrogens with two attached hydrogens (primary N) is 1. The molecule has 0 spiro atoms. The van der Waals surface area contributed by atoms with E-state index in [2.05, 4.69) is 16.0 Å². The molecule has 1 aromatic heterocycles. The number of hydrogen-bond donors (Lipinski definition) is 1. The summed E-state index contributed by atoms with van der Waals surface area (Å²) in [5, 5.41) is 4.41. The molecule has 3 rings (SSSR count). The quantitative estimate of drug-likeness (QED) is 0.739. The molecule has 3 unspecified atom stereocenters. The molecule has 2 aliphatic carbocycles. The van der Waals surface area contributed by atoms with Gasteiger partial charge in [-0.1, -0.05) is 6.42 Å². The first kappa shape index (κ1) is 8.33. The maximum Gasteiger partial charge on any atom is 0.148 e. The summed E-state index contributed by atoms with van der Waals surface area (Å²) in [6, 6.07) is 0.643. The first-order valence-electron chi connectivity index (χ1n) is 5.55. The molecule has 76 valence electrons. The highest BCUT2D eigenvalue weighted by molar-refractivity contribution is 5.35. The molecule has 3 nitrogen and oxygen atoms in total. The van der Waals surface area contributed by atoms with Gasteiger partial charge in [-0.25, -0.2) is 0 Å². The summed E-state index contributed by atoms with van der Waals surface area (Å²) >= 11 is 0. The highest BCUT2D eigenvalue weighted by atomic mass is 15.3. The second kappa shape index (κ2) is 2.75. The zero-order valence-electron chi connectivity index (χ0n) is 8.61. The number of rotatable bonds is 1. The van der Waals surface area contributed by atoms with Gasteiger partial charge in [-0.05, 0) is 38.0 Å². The van der Waals surface area contributed by atoms with Crippen LogP contribution in [0.3, 0.4) is 0 Å². The van der Waals surface area contributed by atoms with Gasteiger partial charge >= 0.3 is 0 Å². The highest BCUT2D eigenvalue weighted by Gasteiger charge is 2.40. The Bertz CT molecular complexity index is 336. The van der Waals surface area contributed by atoms with Gasteiger partial charge in [0.15, 0.2) is 0 Å². The molecular weight excluding hydrogens is 174 g/mol. The van der Waals surface area contributed by atoms with Gasteiger partial charge in [-0.2, -0.15) is 5.10 Å². The van der Waals surface area contributed by atoms with Crippen molar-refractivity contribution in [1.29, 1.82) is 0 Å². The van der Waals surface area contributed by atoms with E-state index in [4.69, 9.17) is 5.73 Å². The Hall–Kier alpha value is -0.990. The molecule has 0 radical (unpaired) electrons. The van der Waals surface area contributed by atoms with Crippen LogP contribution in [0.5, 0.6) is 0 Å². The van der Waals surface area contributed by atoms with Crippen LogP contribution in [-0.4, -0.2) is 9.78 Å². The zero-order valence-corrected chi connectivity index (χ0v) is 8.61. The van der Waals surface area contributed by atoms with Crippen molar-refractivity contribution >= 4 is 5.82 Å². The minimum Gasteiger partial charge on any atom is -0.382 e. The maximum atomic E-state index is 5.77. The van der Waals surface area contributed by atoms with Crippen LogP contribution in [0.4, 0.5) is 5.82 Å². The third kappa shape index (κ3) is 1.08. The Morgan fingerprint density at radius 3 is 2.79 bits per heavy atom. The van der Waals surface area contributed by atoms with Gasteiger partial charge in [0.25, 0.3) is 0 Å². The van der Waals surface area contributed by atoms with E-state index >= 15 is 0 Å². The van der Waals surface area contributed by atoms with Crippen LogP contribution in [0.1, 0.15) is 37.3 Å². The van der Waals surface area contributed by atoms with Gasteiger partial charge in [-0.15, -0.1) is 0 Å². The van der Waals surface area contributed by atoms with E-state index in [1.807, 2.05) is 6.92 Å². The van der Waals surface area contributed by atoms with Crippen LogP contribution < -0.4 is 5.73 Å². The van der Waals surface area contributed by atoms with Crippen molar-refractivity contribution in [3.05, 3.63) is 11.8 Å².